The molecule has 0 aliphatic rings. The van der Waals surface area contributed by atoms with Crippen molar-refractivity contribution in [2.24, 2.45) is 0 Å². The molecule has 0 radical (unpaired) electrons. The second-order valence-electron chi connectivity index (χ2n) is 4.81. The summed E-state index contributed by atoms with van der Waals surface area (Å²) in [6.07, 6.45) is 15.1. The van der Waals surface area contributed by atoms with E-state index in [4.69, 9.17) is 0 Å². The van der Waals surface area contributed by atoms with Crippen LogP contribution in [0.3, 0.4) is 0 Å². The molecule has 0 heterocycles. The van der Waals surface area contributed by atoms with Gasteiger partial charge in [-0.2, -0.15) is 0 Å². The Morgan fingerprint density at radius 3 is 1.67 bits per heavy atom. The van der Waals surface area contributed by atoms with Crippen LogP contribution in [0.15, 0.2) is 25.3 Å². The van der Waals surface area contributed by atoms with Crippen LogP contribution in [0.5, 0.6) is 0 Å². The van der Waals surface area contributed by atoms with Crippen molar-refractivity contribution < 1.29 is 0 Å². The van der Waals surface area contributed by atoms with Gasteiger partial charge in [-0.25, -0.2) is 0 Å². The highest BCUT2D eigenvalue weighted by Gasteiger charge is 1.99. The number of rotatable bonds is 13. The van der Waals surface area contributed by atoms with Gasteiger partial charge in [0.25, 0.3) is 0 Å². The minimum absolute atomic E-state index is 0. The van der Waals surface area contributed by atoms with Crippen LogP contribution in [-0.2, 0) is 0 Å². The van der Waals surface area contributed by atoms with Crippen LogP contribution in [0.25, 0.3) is 0 Å². The summed E-state index contributed by atoms with van der Waals surface area (Å²) in [7, 11) is 0. The average molecular weight is 318 g/mol. The minimum atomic E-state index is 0. The maximum Gasteiger partial charge on any atom is 0.0163 e. The molecule has 0 saturated heterocycles. The lowest BCUT2D eigenvalue weighted by Gasteiger charge is -2.18. The lowest BCUT2D eigenvalue weighted by Crippen LogP contribution is -2.24. The molecule has 1 nitrogen and oxygen atoms in total. The number of unbranched alkanes of at least 4 members (excludes halogenated alkanes) is 7. The first-order chi connectivity index (χ1) is 8.35. The first kappa shape index (κ1) is 20.2. The third-order valence-electron chi connectivity index (χ3n) is 3.10. The van der Waals surface area contributed by atoms with E-state index in [1.165, 1.54) is 57.9 Å². The van der Waals surface area contributed by atoms with Crippen molar-refractivity contribution >= 4 is 17.0 Å². The Kier molecular flexibility index (Phi) is 19.0. The normalized spacial score (nSPS) is 10.1. The third kappa shape index (κ3) is 14.0. The molecular formula is C16H32BrN. The van der Waals surface area contributed by atoms with Gasteiger partial charge in [0.15, 0.2) is 0 Å². The van der Waals surface area contributed by atoms with Gasteiger partial charge >= 0.3 is 0 Å². The van der Waals surface area contributed by atoms with Gasteiger partial charge in [-0.1, -0.05) is 64.0 Å². The summed E-state index contributed by atoms with van der Waals surface area (Å²) in [5.41, 5.74) is 0. The highest BCUT2D eigenvalue weighted by Crippen LogP contribution is 2.08. The number of hydrogen-bond acceptors (Lipinski definition) is 1. The Hall–Kier alpha value is -0.0800. The molecule has 0 fully saturated rings. The highest BCUT2D eigenvalue weighted by molar-refractivity contribution is 8.93. The zero-order valence-electron chi connectivity index (χ0n) is 12.2. The van der Waals surface area contributed by atoms with Crippen molar-refractivity contribution in [1.29, 1.82) is 0 Å². The number of nitrogens with zero attached hydrogens (tertiary/aromatic N) is 1. The summed E-state index contributed by atoms with van der Waals surface area (Å²) in [6, 6.07) is 0. The summed E-state index contributed by atoms with van der Waals surface area (Å²) in [4.78, 5) is 2.40. The van der Waals surface area contributed by atoms with Crippen molar-refractivity contribution in [3.8, 4) is 0 Å². The summed E-state index contributed by atoms with van der Waals surface area (Å²) >= 11 is 0. The lowest BCUT2D eigenvalue weighted by atomic mass is 10.1. The zero-order chi connectivity index (χ0) is 12.8. The molecule has 0 aliphatic heterocycles. The topological polar surface area (TPSA) is 3.24 Å². The molecule has 0 atom stereocenters. The van der Waals surface area contributed by atoms with Gasteiger partial charge in [-0.3, -0.25) is 4.90 Å². The van der Waals surface area contributed by atoms with E-state index in [9.17, 15) is 0 Å². The zero-order valence-corrected chi connectivity index (χ0v) is 13.9. The third-order valence-corrected chi connectivity index (χ3v) is 3.10. The minimum Gasteiger partial charge on any atom is -0.296 e. The quantitative estimate of drug-likeness (QED) is 0.325. The Labute approximate surface area is 125 Å². The Morgan fingerprint density at radius 2 is 1.22 bits per heavy atom. The predicted octanol–water partition coefficient (Wildman–Crippen LogP) is 5.38. The lowest BCUT2D eigenvalue weighted by molar-refractivity contribution is 0.324. The SMILES string of the molecule is Br.C=CCN(CC=C)CCCCCCCCCC. The van der Waals surface area contributed by atoms with E-state index >= 15 is 0 Å². The molecule has 0 aromatic carbocycles. The first-order valence-corrected chi connectivity index (χ1v) is 7.29. The van der Waals surface area contributed by atoms with Crippen LogP contribution in [-0.4, -0.2) is 24.5 Å². The molecule has 18 heavy (non-hydrogen) atoms. The van der Waals surface area contributed by atoms with E-state index in [2.05, 4.69) is 25.0 Å². The summed E-state index contributed by atoms with van der Waals surface area (Å²) in [5, 5.41) is 0. The van der Waals surface area contributed by atoms with E-state index in [0.717, 1.165) is 13.1 Å². The molecule has 0 bridgehead atoms. The van der Waals surface area contributed by atoms with Crippen molar-refractivity contribution in [2.45, 2.75) is 58.3 Å². The second kappa shape index (κ2) is 16.9. The van der Waals surface area contributed by atoms with Crippen molar-refractivity contribution in [2.75, 3.05) is 19.6 Å². The predicted molar refractivity (Wildman–Crippen MR) is 89.8 cm³/mol. The van der Waals surface area contributed by atoms with E-state index < -0.39 is 0 Å². The highest BCUT2D eigenvalue weighted by atomic mass is 79.9. The van der Waals surface area contributed by atoms with Crippen LogP contribution in [0.2, 0.25) is 0 Å². The van der Waals surface area contributed by atoms with Gasteiger partial charge in [0.2, 0.25) is 0 Å². The fourth-order valence-corrected chi connectivity index (χ4v) is 2.09. The molecule has 2 heteroatoms. The molecule has 0 aliphatic carbocycles. The molecule has 0 amide bonds. The van der Waals surface area contributed by atoms with Crippen molar-refractivity contribution in [1.82, 2.24) is 4.90 Å². The van der Waals surface area contributed by atoms with Crippen LogP contribution < -0.4 is 0 Å². The number of hydrogen-bond donors (Lipinski definition) is 0. The largest absolute Gasteiger partial charge is 0.296 e. The van der Waals surface area contributed by atoms with E-state index in [1.807, 2.05) is 12.2 Å². The average Bonchev–Trinajstić information content (AvgIpc) is 2.33. The van der Waals surface area contributed by atoms with Gasteiger partial charge in [-0.15, -0.1) is 30.1 Å². The van der Waals surface area contributed by atoms with Gasteiger partial charge in [0, 0.05) is 13.1 Å². The van der Waals surface area contributed by atoms with Crippen molar-refractivity contribution in [3.05, 3.63) is 25.3 Å². The van der Waals surface area contributed by atoms with E-state index in [-0.39, 0.29) is 17.0 Å². The smallest absolute Gasteiger partial charge is 0.0163 e. The molecule has 0 saturated carbocycles. The monoisotopic (exact) mass is 317 g/mol. The maximum atomic E-state index is 3.79. The van der Waals surface area contributed by atoms with E-state index in [1.54, 1.807) is 0 Å². The summed E-state index contributed by atoms with van der Waals surface area (Å²) in [6.45, 7) is 13.0. The molecule has 0 spiro atoms. The number of halogens is 1. The van der Waals surface area contributed by atoms with Crippen molar-refractivity contribution in [3.63, 3.8) is 0 Å². The first-order valence-electron chi connectivity index (χ1n) is 7.29. The standard InChI is InChI=1S/C16H31N.BrH/c1-4-7-8-9-10-11-12-13-16-17(14-5-2)15-6-3;/h5-6H,2-4,7-16H2,1H3;1H. The summed E-state index contributed by atoms with van der Waals surface area (Å²) in [5.74, 6) is 0. The van der Waals surface area contributed by atoms with Gasteiger partial charge in [0.1, 0.15) is 0 Å². The van der Waals surface area contributed by atoms with Gasteiger partial charge in [0.05, 0.1) is 0 Å². The summed E-state index contributed by atoms with van der Waals surface area (Å²) < 4.78 is 0. The molecule has 108 valence electrons. The molecule has 0 aromatic heterocycles. The fourth-order valence-electron chi connectivity index (χ4n) is 2.09. The van der Waals surface area contributed by atoms with Crippen LogP contribution in [0.1, 0.15) is 58.3 Å². The molecule has 0 N–H and O–H groups in total. The van der Waals surface area contributed by atoms with E-state index in [0.29, 0.717) is 0 Å². The Balaban J connectivity index is 0. The maximum absolute atomic E-state index is 3.79. The fraction of sp³-hybridized carbons (Fsp3) is 0.750. The Bertz CT molecular complexity index is 170. The van der Waals surface area contributed by atoms with Gasteiger partial charge in [-0.05, 0) is 13.0 Å². The second-order valence-corrected chi connectivity index (χ2v) is 4.81. The molecular weight excluding hydrogens is 286 g/mol. The molecule has 0 aromatic rings. The van der Waals surface area contributed by atoms with Crippen LogP contribution >= 0.6 is 17.0 Å². The van der Waals surface area contributed by atoms with Gasteiger partial charge < -0.3 is 0 Å². The molecule has 0 unspecified atom stereocenters. The van der Waals surface area contributed by atoms with Crippen LogP contribution in [0, 0.1) is 0 Å². The Morgan fingerprint density at radius 1 is 0.778 bits per heavy atom. The molecule has 0 rings (SSSR count). The van der Waals surface area contributed by atoms with Crippen LogP contribution in [0.4, 0.5) is 0 Å².